The fraction of sp³-hybridized carbons (Fsp3) is 0.318. The van der Waals surface area contributed by atoms with Crippen LogP contribution in [0.15, 0.2) is 97.1 Å². The van der Waals surface area contributed by atoms with Gasteiger partial charge in [0.05, 0.1) is 0 Å². The molecule has 0 nitrogen and oxygen atoms in total. The molecule has 0 aliphatic rings. The highest BCUT2D eigenvalue weighted by Crippen LogP contribution is 2.32. The summed E-state index contributed by atoms with van der Waals surface area (Å²) in [6.45, 7) is 8.52. The van der Waals surface area contributed by atoms with Crippen molar-refractivity contribution < 1.29 is 0 Å². The molecule has 5 aromatic rings. The number of aryl methyl sites for hydroxylation is 2. The molecule has 0 bridgehead atoms. The van der Waals surface area contributed by atoms with Gasteiger partial charge in [0, 0.05) is 22.3 Å². The number of hydrogen-bond acceptors (Lipinski definition) is 0. The Morgan fingerprint density at radius 3 is 1.05 bits per heavy atom. The van der Waals surface area contributed by atoms with E-state index >= 15 is 0 Å². The lowest BCUT2D eigenvalue weighted by Gasteiger charge is -2.10. The van der Waals surface area contributed by atoms with E-state index in [1.165, 1.54) is 62.5 Å². The van der Waals surface area contributed by atoms with Crippen LogP contribution in [0.5, 0.6) is 0 Å². The Kier molecular flexibility index (Phi) is 13.2. The minimum Gasteiger partial charge on any atom is -0.0683 e. The van der Waals surface area contributed by atoms with E-state index in [2.05, 4.69) is 135 Å². The van der Waals surface area contributed by atoms with Gasteiger partial charge in [-0.1, -0.05) is 163 Å². The summed E-state index contributed by atoms with van der Waals surface area (Å²) in [6, 6.07) is 34.8. The molecule has 0 amide bonds. The van der Waals surface area contributed by atoms with Crippen molar-refractivity contribution in [3.63, 3.8) is 0 Å². The monoisotopic (exact) mass is 576 g/mol. The van der Waals surface area contributed by atoms with E-state index in [1.54, 1.807) is 0 Å². The summed E-state index contributed by atoms with van der Waals surface area (Å²) in [5.41, 5.74) is 7.05. The van der Waals surface area contributed by atoms with Crippen molar-refractivity contribution >= 4 is 21.5 Å². The second-order valence-electron chi connectivity index (χ2n) is 11.4. The molecular weight excluding hydrogens is 528 g/mol. The fourth-order valence-electron chi connectivity index (χ4n) is 5.69. The summed E-state index contributed by atoms with van der Waals surface area (Å²) < 4.78 is 0. The SMILES string of the molecule is CC.CCCCCCc1ccc(C#Cc2c3ccccc3c(C#Cc3ccc(CCCCCC)cc3)c3ccccc23)cc1. The average Bonchev–Trinajstić information content (AvgIpc) is 3.08. The Hall–Kier alpha value is -4.26. The molecule has 44 heavy (non-hydrogen) atoms. The van der Waals surface area contributed by atoms with Gasteiger partial charge in [0.1, 0.15) is 0 Å². The zero-order chi connectivity index (χ0) is 31.0. The van der Waals surface area contributed by atoms with Crippen LogP contribution >= 0.6 is 0 Å². The van der Waals surface area contributed by atoms with Crippen LogP contribution in [0.2, 0.25) is 0 Å². The molecule has 0 radical (unpaired) electrons. The van der Waals surface area contributed by atoms with E-state index in [1.807, 2.05) is 13.8 Å². The number of fused-ring (bicyclic) bond motifs is 2. The van der Waals surface area contributed by atoms with Gasteiger partial charge in [0.15, 0.2) is 0 Å². The van der Waals surface area contributed by atoms with Crippen LogP contribution < -0.4 is 0 Å². The van der Waals surface area contributed by atoms with Gasteiger partial charge in [-0.05, 0) is 82.6 Å². The number of hydrogen-bond donors (Lipinski definition) is 0. The summed E-state index contributed by atoms with van der Waals surface area (Å²) in [5.74, 6) is 14.1. The first-order chi connectivity index (χ1) is 21.8. The summed E-state index contributed by atoms with van der Waals surface area (Å²) in [7, 11) is 0. The predicted octanol–water partition coefficient (Wildman–Crippen LogP) is 12.1. The Morgan fingerprint density at radius 2 is 0.727 bits per heavy atom. The number of unbranched alkanes of at least 4 members (excludes halogenated alkanes) is 6. The predicted molar refractivity (Wildman–Crippen MR) is 193 cm³/mol. The first-order valence-electron chi connectivity index (χ1n) is 16.9. The van der Waals surface area contributed by atoms with Gasteiger partial charge in [-0.2, -0.15) is 0 Å². The lowest BCUT2D eigenvalue weighted by molar-refractivity contribution is 0.667. The maximum absolute atomic E-state index is 3.56. The van der Waals surface area contributed by atoms with Crippen molar-refractivity contribution in [2.24, 2.45) is 0 Å². The zero-order valence-electron chi connectivity index (χ0n) is 27.3. The van der Waals surface area contributed by atoms with E-state index < -0.39 is 0 Å². The van der Waals surface area contributed by atoms with Gasteiger partial charge in [-0.15, -0.1) is 0 Å². The summed E-state index contributed by atoms with van der Waals surface area (Å²) >= 11 is 0. The maximum atomic E-state index is 3.56. The van der Waals surface area contributed by atoms with Crippen LogP contribution in [0.3, 0.4) is 0 Å². The quantitative estimate of drug-likeness (QED) is 0.0881. The Balaban J connectivity index is 0.00000216. The van der Waals surface area contributed by atoms with Crippen LogP contribution in [-0.2, 0) is 12.8 Å². The largest absolute Gasteiger partial charge is 0.0683 e. The van der Waals surface area contributed by atoms with E-state index in [4.69, 9.17) is 0 Å². The van der Waals surface area contributed by atoms with Crippen LogP contribution in [-0.4, -0.2) is 0 Å². The standard InChI is InChI=1S/C42H42.C2H6/c1-3-5-7-9-15-33-21-25-35(26-22-33)29-31-41-37-17-11-13-19-39(37)42(40-20-14-12-18-38(40)41)32-30-36-27-23-34(24-28-36)16-10-8-6-4-2;1-2/h11-14,17-28H,3-10,15-16H2,1-2H3;1-2H3. The molecule has 0 aromatic heterocycles. The fourth-order valence-corrected chi connectivity index (χ4v) is 5.69. The molecule has 224 valence electrons. The highest BCUT2D eigenvalue weighted by Gasteiger charge is 2.11. The Morgan fingerprint density at radius 1 is 0.386 bits per heavy atom. The van der Waals surface area contributed by atoms with Crippen molar-refractivity contribution in [3.8, 4) is 23.7 Å². The second-order valence-corrected chi connectivity index (χ2v) is 11.4. The van der Waals surface area contributed by atoms with Crippen LogP contribution in [0.25, 0.3) is 21.5 Å². The van der Waals surface area contributed by atoms with E-state index in [-0.39, 0.29) is 0 Å². The topological polar surface area (TPSA) is 0 Å². The molecule has 0 heteroatoms. The molecule has 0 N–H and O–H groups in total. The minimum absolute atomic E-state index is 1.05. The minimum atomic E-state index is 1.05. The first kappa shape index (κ1) is 32.6. The molecule has 5 aromatic carbocycles. The van der Waals surface area contributed by atoms with Crippen molar-refractivity contribution in [1.82, 2.24) is 0 Å². The van der Waals surface area contributed by atoms with Gasteiger partial charge in [-0.25, -0.2) is 0 Å². The third-order valence-electron chi connectivity index (χ3n) is 8.14. The van der Waals surface area contributed by atoms with Crippen molar-refractivity contribution in [2.45, 2.75) is 91.9 Å². The lowest BCUT2D eigenvalue weighted by Crippen LogP contribution is -1.91. The van der Waals surface area contributed by atoms with Crippen LogP contribution in [0.1, 0.15) is 112 Å². The van der Waals surface area contributed by atoms with E-state index in [0.29, 0.717) is 0 Å². The average molecular weight is 577 g/mol. The molecule has 0 atom stereocenters. The van der Waals surface area contributed by atoms with E-state index in [9.17, 15) is 0 Å². The lowest BCUT2D eigenvalue weighted by atomic mass is 9.91. The van der Waals surface area contributed by atoms with Crippen molar-refractivity contribution in [3.05, 3.63) is 130 Å². The zero-order valence-corrected chi connectivity index (χ0v) is 27.3. The highest BCUT2D eigenvalue weighted by atomic mass is 14.1. The molecular formula is C44H48. The number of benzene rings is 5. The van der Waals surface area contributed by atoms with E-state index in [0.717, 1.165) is 56.6 Å². The number of rotatable bonds is 10. The molecule has 0 saturated heterocycles. The second kappa shape index (κ2) is 17.8. The third kappa shape index (κ3) is 8.88. The van der Waals surface area contributed by atoms with Gasteiger partial charge < -0.3 is 0 Å². The van der Waals surface area contributed by atoms with Crippen LogP contribution in [0.4, 0.5) is 0 Å². The van der Waals surface area contributed by atoms with Crippen molar-refractivity contribution in [2.75, 3.05) is 0 Å². The van der Waals surface area contributed by atoms with Gasteiger partial charge >= 0.3 is 0 Å². The van der Waals surface area contributed by atoms with Gasteiger partial charge in [0.25, 0.3) is 0 Å². The van der Waals surface area contributed by atoms with Gasteiger partial charge in [-0.3, -0.25) is 0 Å². The highest BCUT2D eigenvalue weighted by molar-refractivity contribution is 6.09. The molecule has 0 fully saturated rings. The maximum Gasteiger partial charge on any atom is 0.0406 e. The Bertz CT molecular complexity index is 1540. The van der Waals surface area contributed by atoms with Crippen molar-refractivity contribution in [1.29, 1.82) is 0 Å². The Labute approximate surface area is 266 Å². The molecule has 0 spiro atoms. The normalized spacial score (nSPS) is 10.4. The van der Waals surface area contributed by atoms with Gasteiger partial charge in [0.2, 0.25) is 0 Å². The summed E-state index contributed by atoms with van der Waals surface area (Å²) in [4.78, 5) is 0. The molecule has 0 unspecified atom stereocenters. The molecule has 5 rings (SSSR count). The molecule has 0 aliphatic heterocycles. The van der Waals surface area contributed by atoms with Crippen LogP contribution in [0, 0.1) is 23.7 Å². The smallest absolute Gasteiger partial charge is 0.0406 e. The third-order valence-corrected chi connectivity index (χ3v) is 8.14. The first-order valence-corrected chi connectivity index (χ1v) is 16.9. The summed E-state index contributed by atoms with van der Waals surface area (Å²) in [6.07, 6.45) is 12.6. The molecule has 0 heterocycles. The summed E-state index contributed by atoms with van der Waals surface area (Å²) in [5, 5.41) is 4.62. The molecule has 0 aliphatic carbocycles. The molecule has 0 saturated carbocycles.